The first-order valence-corrected chi connectivity index (χ1v) is 35.9. The number of benzene rings is 12. The SMILES string of the molecule is [2H]c1c([2H])c([2H])c2c(c1[2H])c1c([2H])c([2H])c([2H])c([2H])c1n2-c1ccc2c(c1)N(c1ccc(-c3cc(C(C)(C)C)cc(C(C)(C)C)c3)cc1)c1cc(-n3c4ccccc4c4ccccc43)cc3c1B2c1ccc(-c2cc(C(C)(C)C)cc(C(C)(C)C)c2)cc1N3c1cccc(-c2cc(C(C)(C)C)cc(C(C)(C)C)c2)c1. The Morgan fingerprint density at radius 2 is 0.624 bits per heavy atom. The number of fused-ring (bicyclic) bond motifs is 10. The zero-order valence-electron chi connectivity index (χ0n) is 69.9. The Morgan fingerprint density at radius 1 is 0.257 bits per heavy atom. The Balaban J connectivity index is 1.06. The van der Waals surface area contributed by atoms with Crippen molar-refractivity contribution in [1.82, 2.24) is 9.13 Å². The number of para-hydroxylation sites is 4. The summed E-state index contributed by atoms with van der Waals surface area (Å²) in [7, 11) is 0. The molecule has 2 aromatic heterocycles. The molecule has 0 spiro atoms. The molecule has 101 heavy (non-hydrogen) atoms. The fourth-order valence-electron chi connectivity index (χ4n) is 15.5. The number of anilines is 6. The highest BCUT2D eigenvalue weighted by molar-refractivity contribution is 7.00. The molecule has 0 unspecified atom stereocenters. The van der Waals surface area contributed by atoms with E-state index in [4.69, 9.17) is 2.74 Å². The number of hydrogen-bond acceptors (Lipinski definition) is 2. The van der Waals surface area contributed by atoms with Crippen molar-refractivity contribution < 1.29 is 11.0 Å². The standard InChI is InChI=1S/C96H95BN4/c1-91(2,3)66-46-63(47-67(54-66)92(4,5)6)60-38-41-72(42-39-60)98-87-57-74(99-82-34-23-19-30-76(82)77-31-20-24-35-83(77)99)43-45-81(87)97-80-44-40-62(65-50-70(95(13,14)15)56-71(51-65)96(16,17)18)53-86(80)100(73-29-27-28-61(52-73)64-48-68(93(7,8)9)55-69(49-64)94(10,11)12)89-59-75(58-88(98)90(89)97)101-84-36-25-21-32-78(84)79-33-22-26-37-85(79)101/h19-59H,1-18H3/i19D,20D,23D,24D,30D,31D,34D,35D. The molecule has 502 valence electrons. The second kappa shape index (κ2) is 23.2. The average Bonchev–Trinajstić information content (AvgIpc) is 1.59. The van der Waals surface area contributed by atoms with E-state index in [2.05, 4.69) is 333 Å². The normalized spacial score (nSPS) is 14.7. The lowest BCUT2D eigenvalue weighted by Gasteiger charge is -2.45. The summed E-state index contributed by atoms with van der Waals surface area (Å²) in [6.07, 6.45) is 0. The molecule has 2 aliphatic rings. The molecule has 0 N–H and O–H groups in total. The second-order valence-corrected chi connectivity index (χ2v) is 34.7. The number of aromatic nitrogens is 2. The van der Waals surface area contributed by atoms with Crippen LogP contribution >= 0.6 is 0 Å². The van der Waals surface area contributed by atoms with Gasteiger partial charge in [-0.3, -0.25) is 0 Å². The summed E-state index contributed by atoms with van der Waals surface area (Å²) in [5.74, 6) is 0. The Kier molecular flexibility index (Phi) is 13.0. The van der Waals surface area contributed by atoms with E-state index in [1.54, 1.807) is 4.57 Å². The van der Waals surface area contributed by atoms with Crippen LogP contribution in [0, 0.1) is 0 Å². The molecule has 0 bridgehead atoms. The zero-order chi connectivity index (χ0) is 77.7. The lowest BCUT2D eigenvalue weighted by atomic mass is 9.33. The first-order chi connectivity index (χ1) is 51.2. The molecule has 16 rings (SSSR count). The van der Waals surface area contributed by atoms with Crippen molar-refractivity contribution in [1.29, 1.82) is 0 Å². The summed E-state index contributed by atoms with van der Waals surface area (Å²) < 4.78 is 79.1. The minimum Gasteiger partial charge on any atom is -0.311 e. The van der Waals surface area contributed by atoms with Crippen LogP contribution in [0.1, 0.15) is 169 Å². The van der Waals surface area contributed by atoms with E-state index >= 15 is 0 Å². The fraction of sp³-hybridized carbons (Fsp3) is 0.250. The number of nitrogens with zero attached hydrogens (tertiary/aromatic N) is 4. The van der Waals surface area contributed by atoms with Gasteiger partial charge in [0.1, 0.15) is 0 Å². The maximum Gasteiger partial charge on any atom is 0.252 e. The van der Waals surface area contributed by atoms with E-state index < -0.39 is 30.9 Å². The highest BCUT2D eigenvalue weighted by Gasteiger charge is 2.45. The molecule has 0 radical (unpaired) electrons. The van der Waals surface area contributed by atoms with Crippen molar-refractivity contribution in [2.45, 2.75) is 157 Å². The summed E-state index contributed by atoms with van der Waals surface area (Å²) in [6, 6.07) is 71.3. The lowest BCUT2D eigenvalue weighted by Crippen LogP contribution is -2.61. The molecule has 5 heteroatoms. The van der Waals surface area contributed by atoms with Crippen LogP contribution in [-0.2, 0) is 32.5 Å². The Morgan fingerprint density at radius 3 is 1.09 bits per heavy atom. The molecular formula is C96H95BN4. The first-order valence-electron chi connectivity index (χ1n) is 39.9. The highest BCUT2D eigenvalue weighted by atomic mass is 15.2. The van der Waals surface area contributed by atoms with Gasteiger partial charge < -0.3 is 18.9 Å². The lowest BCUT2D eigenvalue weighted by molar-refractivity contribution is 0.568. The molecule has 0 atom stereocenters. The average molecular weight is 1320 g/mol. The zero-order valence-corrected chi connectivity index (χ0v) is 61.9. The van der Waals surface area contributed by atoms with Gasteiger partial charge >= 0.3 is 0 Å². The van der Waals surface area contributed by atoms with E-state index in [0.29, 0.717) is 5.69 Å². The van der Waals surface area contributed by atoms with Gasteiger partial charge in [-0.2, -0.15) is 0 Å². The molecule has 0 amide bonds. The van der Waals surface area contributed by atoms with Crippen LogP contribution in [0.2, 0.25) is 0 Å². The predicted octanol–water partition coefficient (Wildman–Crippen LogP) is 24.7. The van der Waals surface area contributed by atoms with Crippen LogP contribution in [0.4, 0.5) is 34.1 Å². The fourth-order valence-corrected chi connectivity index (χ4v) is 15.5. The Hall–Kier alpha value is -10.1. The summed E-state index contributed by atoms with van der Waals surface area (Å²) >= 11 is 0. The highest BCUT2D eigenvalue weighted by Crippen LogP contribution is 2.50. The van der Waals surface area contributed by atoms with Crippen molar-refractivity contribution in [3.8, 4) is 44.8 Å². The summed E-state index contributed by atoms with van der Waals surface area (Å²) in [5, 5.41) is 2.29. The minimum absolute atomic E-state index is 0.0227. The van der Waals surface area contributed by atoms with Crippen LogP contribution in [0.15, 0.2) is 249 Å². The van der Waals surface area contributed by atoms with Crippen molar-refractivity contribution in [2.24, 2.45) is 0 Å². The largest absolute Gasteiger partial charge is 0.311 e. The van der Waals surface area contributed by atoms with Crippen LogP contribution in [-0.4, -0.2) is 15.8 Å². The van der Waals surface area contributed by atoms with Crippen LogP contribution in [0.25, 0.3) is 88.4 Å². The first kappa shape index (κ1) is 56.6. The van der Waals surface area contributed by atoms with Crippen LogP contribution in [0.3, 0.4) is 0 Å². The summed E-state index contributed by atoms with van der Waals surface area (Å²) in [4.78, 5) is 4.89. The minimum atomic E-state index is -0.490. The molecule has 14 aromatic rings. The third-order valence-corrected chi connectivity index (χ3v) is 21.4. The van der Waals surface area contributed by atoms with Gasteiger partial charge in [0.2, 0.25) is 0 Å². The molecule has 0 saturated heterocycles. The number of hydrogen-bond donors (Lipinski definition) is 0. The van der Waals surface area contributed by atoms with E-state index in [0.717, 1.165) is 111 Å². The topological polar surface area (TPSA) is 16.3 Å². The van der Waals surface area contributed by atoms with Gasteiger partial charge in [-0.15, -0.1) is 0 Å². The predicted molar refractivity (Wildman–Crippen MR) is 438 cm³/mol. The van der Waals surface area contributed by atoms with Gasteiger partial charge in [-0.05, 0) is 194 Å². The molecule has 0 fully saturated rings. The van der Waals surface area contributed by atoms with Gasteiger partial charge in [0.05, 0.1) is 38.7 Å². The molecule has 4 heterocycles. The summed E-state index contributed by atoms with van der Waals surface area (Å²) in [5.41, 5.74) is 25.5. The second-order valence-electron chi connectivity index (χ2n) is 34.7. The van der Waals surface area contributed by atoms with Crippen molar-refractivity contribution in [3.63, 3.8) is 0 Å². The van der Waals surface area contributed by atoms with E-state index in [9.17, 15) is 8.22 Å². The number of rotatable bonds is 7. The molecular weight excluding hydrogens is 1220 g/mol. The van der Waals surface area contributed by atoms with E-state index in [1.807, 2.05) is 6.07 Å². The van der Waals surface area contributed by atoms with E-state index in [1.165, 1.54) is 33.4 Å². The van der Waals surface area contributed by atoms with Crippen molar-refractivity contribution >= 4 is 101 Å². The molecule has 0 saturated carbocycles. The smallest absolute Gasteiger partial charge is 0.252 e. The Labute approximate surface area is 611 Å². The van der Waals surface area contributed by atoms with Gasteiger partial charge in [0.15, 0.2) is 0 Å². The molecule has 2 aliphatic heterocycles. The molecule has 12 aromatic carbocycles. The van der Waals surface area contributed by atoms with Crippen LogP contribution < -0.4 is 26.2 Å². The van der Waals surface area contributed by atoms with Gasteiger partial charge in [-0.25, -0.2) is 0 Å². The maximum absolute atomic E-state index is 9.76. The van der Waals surface area contributed by atoms with Crippen molar-refractivity contribution in [2.75, 3.05) is 9.80 Å². The van der Waals surface area contributed by atoms with Gasteiger partial charge in [-0.1, -0.05) is 294 Å². The van der Waals surface area contributed by atoms with E-state index in [-0.39, 0.29) is 78.5 Å². The summed E-state index contributed by atoms with van der Waals surface area (Å²) in [6.45, 7) is 40.7. The van der Waals surface area contributed by atoms with Crippen LogP contribution in [0.5, 0.6) is 0 Å². The van der Waals surface area contributed by atoms with Crippen molar-refractivity contribution in [3.05, 3.63) is 282 Å². The third-order valence-electron chi connectivity index (χ3n) is 21.4. The molecule has 0 aliphatic carbocycles. The maximum atomic E-state index is 9.76. The Bertz CT molecular complexity index is 5950. The van der Waals surface area contributed by atoms with Gasteiger partial charge in [0.25, 0.3) is 6.71 Å². The van der Waals surface area contributed by atoms with Gasteiger partial charge in [0, 0.05) is 61.4 Å². The quantitative estimate of drug-likeness (QED) is 0.148. The third kappa shape index (κ3) is 11.3. The monoisotopic (exact) mass is 1320 g/mol. The molecule has 4 nitrogen and oxygen atoms in total.